The lowest BCUT2D eigenvalue weighted by Gasteiger charge is -2.22. The number of H-pyrrole nitrogens is 1. The summed E-state index contributed by atoms with van der Waals surface area (Å²) in [6.07, 6.45) is 0. The summed E-state index contributed by atoms with van der Waals surface area (Å²) in [5, 5.41) is 8.38. The fourth-order valence-electron chi connectivity index (χ4n) is 3.47. The van der Waals surface area contributed by atoms with Gasteiger partial charge in [-0.2, -0.15) is 5.10 Å². The van der Waals surface area contributed by atoms with Gasteiger partial charge in [0.05, 0.1) is 5.52 Å². The number of nitrogen functional groups attached to an aromatic ring is 1. The second kappa shape index (κ2) is 5.52. The topological polar surface area (TPSA) is 57.9 Å². The fourth-order valence-corrected chi connectivity index (χ4v) is 3.47. The monoisotopic (exact) mass is 330 g/mol. The number of allylic oxidation sites excluding steroid dienone is 1. The number of benzene rings is 2. The number of aromatic nitrogens is 2. The molecular weight excluding hydrogens is 308 g/mol. The molecule has 4 heteroatoms. The Morgan fingerprint density at radius 2 is 1.92 bits per heavy atom. The number of nitrogens with zero attached hydrogens (tertiary/aromatic N) is 2. The van der Waals surface area contributed by atoms with Gasteiger partial charge >= 0.3 is 0 Å². The van der Waals surface area contributed by atoms with E-state index >= 15 is 0 Å². The van der Waals surface area contributed by atoms with Crippen LogP contribution in [0.3, 0.4) is 0 Å². The third-order valence-corrected chi connectivity index (χ3v) is 5.03. The van der Waals surface area contributed by atoms with E-state index in [1.54, 1.807) is 0 Å². The van der Waals surface area contributed by atoms with E-state index < -0.39 is 0 Å². The van der Waals surface area contributed by atoms with Gasteiger partial charge in [-0.1, -0.05) is 30.9 Å². The van der Waals surface area contributed by atoms with Gasteiger partial charge in [-0.25, -0.2) is 0 Å². The van der Waals surface area contributed by atoms with Gasteiger partial charge in [-0.3, -0.25) is 5.10 Å². The van der Waals surface area contributed by atoms with Gasteiger partial charge in [0.25, 0.3) is 0 Å². The molecule has 0 amide bonds. The smallest absolute Gasteiger partial charge is 0.0944 e. The minimum atomic E-state index is 0.711. The number of hydrogen-bond acceptors (Lipinski definition) is 3. The van der Waals surface area contributed by atoms with Crippen molar-refractivity contribution < 1.29 is 0 Å². The van der Waals surface area contributed by atoms with E-state index in [0.717, 1.165) is 46.5 Å². The van der Waals surface area contributed by atoms with Crippen LogP contribution in [-0.4, -0.2) is 15.1 Å². The number of anilines is 1. The molecule has 0 fully saturated rings. The number of aryl methyl sites for hydroxylation is 1. The molecule has 25 heavy (non-hydrogen) atoms. The van der Waals surface area contributed by atoms with Crippen molar-refractivity contribution >= 4 is 27.9 Å². The van der Waals surface area contributed by atoms with Gasteiger partial charge in [0.1, 0.15) is 0 Å². The molecule has 0 unspecified atom stereocenters. The second-order valence-corrected chi connectivity index (χ2v) is 6.87. The van der Waals surface area contributed by atoms with Crippen molar-refractivity contribution in [1.82, 2.24) is 15.1 Å². The lowest BCUT2D eigenvalue weighted by atomic mass is 10.0. The molecule has 1 aliphatic rings. The van der Waals surface area contributed by atoms with Crippen molar-refractivity contribution in [2.45, 2.75) is 26.9 Å². The van der Waals surface area contributed by atoms with Crippen LogP contribution in [0, 0.1) is 6.92 Å². The Morgan fingerprint density at radius 1 is 1.16 bits per heavy atom. The summed E-state index contributed by atoms with van der Waals surface area (Å²) in [5.74, 6) is 0. The Labute approximate surface area is 147 Å². The Hall–Kier alpha value is -3.01. The summed E-state index contributed by atoms with van der Waals surface area (Å²) in [6.45, 7) is 14.1. The summed E-state index contributed by atoms with van der Waals surface area (Å²) in [4.78, 5) is 2.28. The van der Waals surface area contributed by atoms with Crippen LogP contribution in [0.4, 0.5) is 5.69 Å². The highest BCUT2D eigenvalue weighted by atomic mass is 15.2. The fraction of sp³-hybridized carbons (Fsp3) is 0.190. The number of nitrogens with one attached hydrogen (secondary N) is 1. The summed E-state index contributed by atoms with van der Waals surface area (Å²) in [5.41, 5.74) is 15.8. The van der Waals surface area contributed by atoms with Crippen molar-refractivity contribution in [1.29, 1.82) is 0 Å². The van der Waals surface area contributed by atoms with Crippen LogP contribution in [0.1, 0.15) is 34.9 Å². The first-order chi connectivity index (χ1) is 11.9. The van der Waals surface area contributed by atoms with Gasteiger partial charge in [-0.05, 0) is 48.7 Å². The minimum Gasteiger partial charge on any atom is -0.398 e. The SMILES string of the molecule is C=C(C)c1ccc2c(c1)CN(C(=C)c1cc3c(C)[nH]nc3cc1N)C2. The van der Waals surface area contributed by atoms with Crippen molar-refractivity contribution in [3.63, 3.8) is 0 Å². The maximum atomic E-state index is 6.28. The first kappa shape index (κ1) is 15.5. The van der Waals surface area contributed by atoms with Crippen LogP contribution in [0.2, 0.25) is 0 Å². The lowest BCUT2D eigenvalue weighted by molar-refractivity contribution is 0.424. The van der Waals surface area contributed by atoms with Crippen molar-refractivity contribution in [2.24, 2.45) is 0 Å². The van der Waals surface area contributed by atoms with Crippen LogP contribution in [0.15, 0.2) is 43.5 Å². The Morgan fingerprint density at radius 3 is 2.68 bits per heavy atom. The van der Waals surface area contributed by atoms with E-state index in [2.05, 4.69) is 52.5 Å². The van der Waals surface area contributed by atoms with E-state index in [4.69, 9.17) is 5.73 Å². The van der Waals surface area contributed by atoms with Crippen molar-refractivity contribution in [2.75, 3.05) is 5.73 Å². The van der Waals surface area contributed by atoms with Crippen LogP contribution >= 0.6 is 0 Å². The molecule has 0 bridgehead atoms. The number of nitrogens with two attached hydrogens (primary N) is 1. The highest BCUT2D eigenvalue weighted by molar-refractivity contribution is 5.90. The molecule has 2 heterocycles. The predicted octanol–water partition coefficient (Wildman–Crippen LogP) is 4.47. The highest BCUT2D eigenvalue weighted by Crippen LogP contribution is 2.35. The third-order valence-electron chi connectivity index (χ3n) is 5.03. The average Bonchev–Trinajstić information content (AvgIpc) is 3.16. The molecule has 0 aliphatic carbocycles. The van der Waals surface area contributed by atoms with Crippen LogP contribution in [0.5, 0.6) is 0 Å². The number of fused-ring (bicyclic) bond motifs is 2. The second-order valence-electron chi connectivity index (χ2n) is 6.87. The molecule has 1 aromatic heterocycles. The largest absolute Gasteiger partial charge is 0.398 e. The Kier molecular flexibility index (Phi) is 3.42. The van der Waals surface area contributed by atoms with Gasteiger partial charge in [0, 0.05) is 41.1 Å². The number of rotatable bonds is 3. The molecule has 4 nitrogen and oxygen atoms in total. The quantitative estimate of drug-likeness (QED) is 0.697. The molecule has 4 rings (SSSR count). The van der Waals surface area contributed by atoms with E-state index in [0.29, 0.717) is 5.69 Å². The van der Waals surface area contributed by atoms with E-state index in [1.807, 2.05) is 19.9 Å². The zero-order chi connectivity index (χ0) is 17.7. The summed E-state index contributed by atoms with van der Waals surface area (Å²) in [7, 11) is 0. The summed E-state index contributed by atoms with van der Waals surface area (Å²) < 4.78 is 0. The first-order valence-electron chi connectivity index (χ1n) is 8.40. The number of hydrogen-bond donors (Lipinski definition) is 2. The minimum absolute atomic E-state index is 0.711. The summed E-state index contributed by atoms with van der Waals surface area (Å²) >= 11 is 0. The maximum Gasteiger partial charge on any atom is 0.0944 e. The van der Waals surface area contributed by atoms with E-state index in [1.165, 1.54) is 16.7 Å². The highest BCUT2D eigenvalue weighted by Gasteiger charge is 2.22. The van der Waals surface area contributed by atoms with Crippen LogP contribution < -0.4 is 5.73 Å². The van der Waals surface area contributed by atoms with Crippen LogP contribution in [-0.2, 0) is 13.1 Å². The lowest BCUT2D eigenvalue weighted by Crippen LogP contribution is -2.14. The Balaban J connectivity index is 1.67. The molecule has 0 atom stereocenters. The molecular formula is C21H22N4. The molecule has 3 N–H and O–H groups in total. The van der Waals surface area contributed by atoms with E-state index in [-0.39, 0.29) is 0 Å². The van der Waals surface area contributed by atoms with E-state index in [9.17, 15) is 0 Å². The molecule has 126 valence electrons. The third kappa shape index (κ3) is 2.50. The predicted molar refractivity (Wildman–Crippen MR) is 105 cm³/mol. The van der Waals surface area contributed by atoms with Crippen molar-refractivity contribution in [3.8, 4) is 0 Å². The molecule has 0 radical (unpaired) electrons. The molecule has 0 saturated heterocycles. The van der Waals surface area contributed by atoms with Gasteiger partial charge in [0.15, 0.2) is 0 Å². The van der Waals surface area contributed by atoms with Gasteiger partial charge in [-0.15, -0.1) is 0 Å². The standard InChI is InChI=1S/C21H22N4/c1-12(2)15-5-6-16-10-25(11-17(16)7-15)14(4)19-8-18-13(3)23-24-21(18)9-20(19)22/h5-9H,1,4,10-11,22H2,2-3H3,(H,23,24). The summed E-state index contributed by atoms with van der Waals surface area (Å²) in [6, 6.07) is 10.6. The van der Waals surface area contributed by atoms with Crippen molar-refractivity contribution in [3.05, 3.63) is 71.4 Å². The van der Waals surface area contributed by atoms with Gasteiger partial charge < -0.3 is 10.6 Å². The van der Waals surface area contributed by atoms with Gasteiger partial charge in [0.2, 0.25) is 0 Å². The number of aromatic amines is 1. The molecule has 3 aromatic rings. The molecule has 0 spiro atoms. The van der Waals surface area contributed by atoms with Crippen LogP contribution in [0.25, 0.3) is 22.2 Å². The maximum absolute atomic E-state index is 6.28. The first-order valence-corrected chi connectivity index (χ1v) is 8.40. The Bertz CT molecular complexity index is 1030. The zero-order valence-corrected chi connectivity index (χ0v) is 14.7. The normalized spacial score (nSPS) is 13.3. The molecule has 1 aliphatic heterocycles. The zero-order valence-electron chi connectivity index (χ0n) is 14.7. The molecule has 2 aromatic carbocycles. The molecule has 0 saturated carbocycles. The average molecular weight is 330 g/mol.